The van der Waals surface area contributed by atoms with E-state index in [0.717, 1.165) is 23.2 Å². The summed E-state index contributed by atoms with van der Waals surface area (Å²) >= 11 is 0. The van der Waals surface area contributed by atoms with Crippen LogP contribution in [0.2, 0.25) is 0 Å². The molecule has 0 aromatic heterocycles. The molecule has 1 N–H and O–H groups in total. The third-order valence-electron chi connectivity index (χ3n) is 3.81. The normalized spacial score (nSPS) is 11.5. The van der Waals surface area contributed by atoms with Gasteiger partial charge in [-0.2, -0.15) is 0 Å². The Morgan fingerprint density at radius 1 is 0.920 bits per heavy atom. The molecule has 0 aliphatic carbocycles. The summed E-state index contributed by atoms with van der Waals surface area (Å²) in [7, 11) is -0.322. The van der Waals surface area contributed by atoms with E-state index in [2.05, 4.69) is 4.72 Å². The predicted molar refractivity (Wildman–Crippen MR) is 95.4 cm³/mol. The highest BCUT2D eigenvalue weighted by atomic mass is 32.2. The van der Waals surface area contributed by atoms with Crippen LogP contribution in [-0.4, -0.2) is 22.5 Å². The molecule has 0 unspecified atom stereocenters. The number of fused-ring (bicyclic) bond motifs is 1. The van der Waals surface area contributed by atoms with Gasteiger partial charge in [-0.25, -0.2) is 17.2 Å². The molecule has 0 fully saturated rings. The van der Waals surface area contributed by atoms with Crippen LogP contribution in [0.15, 0.2) is 59.5 Å². The number of hydrogen-bond acceptors (Lipinski definition) is 3. The molecule has 0 heterocycles. The lowest BCUT2D eigenvalue weighted by Gasteiger charge is -2.17. The molecule has 7 heteroatoms. The van der Waals surface area contributed by atoms with Crippen molar-refractivity contribution in [1.29, 1.82) is 0 Å². The number of benzene rings is 3. The van der Waals surface area contributed by atoms with Crippen molar-refractivity contribution in [3.63, 3.8) is 0 Å². The molecule has 0 amide bonds. The second kappa shape index (κ2) is 6.33. The highest BCUT2D eigenvalue weighted by molar-refractivity contribution is 7.93. The second-order valence-electron chi connectivity index (χ2n) is 5.75. The Bertz CT molecular complexity index is 1050. The zero-order valence-corrected chi connectivity index (χ0v) is 14.4. The van der Waals surface area contributed by atoms with Crippen LogP contribution in [0.4, 0.5) is 20.2 Å². The van der Waals surface area contributed by atoms with E-state index in [1.54, 1.807) is 18.2 Å². The van der Waals surface area contributed by atoms with Crippen LogP contribution in [-0.2, 0) is 10.0 Å². The molecule has 0 spiro atoms. The zero-order chi connectivity index (χ0) is 18.2. The van der Waals surface area contributed by atoms with Crippen molar-refractivity contribution >= 4 is 32.2 Å². The third kappa shape index (κ3) is 3.28. The first-order chi connectivity index (χ1) is 11.8. The van der Waals surface area contributed by atoms with E-state index in [1.165, 1.54) is 6.07 Å². The Kier molecular flexibility index (Phi) is 4.34. The topological polar surface area (TPSA) is 49.4 Å². The van der Waals surface area contributed by atoms with Gasteiger partial charge in [0.15, 0.2) is 0 Å². The largest absolute Gasteiger partial charge is 0.377 e. The Morgan fingerprint density at radius 2 is 1.60 bits per heavy atom. The van der Waals surface area contributed by atoms with E-state index in [1.807, 2.05) is 31.1 Å². The Balaban J connectivity index is 2.13. The summed E-state index contributed by atoms with van der Waals surface area (Å²) in [4.78, 5) is 1.91. The predicted octanol–water partition coefficient (Wildman–Crippen LogP) is 3.98. The van der Waals surface area contributed by atoms with Crippen molar-refractivity contribution in [3.8, 4) is 0 Å². The summed E-state index contributed by atoms with van der Waals surface area (Å²) in [5.74, 6) is -1.75. The fourth-order valence-electron chi connectivity index (χ4n) is 2.66. The summed E-state index contributed by atoms with van der Waals surface area (Å²) in [5.41, 5.74) is 0.560. The van der Waals surface area contributed by atoms with Gasteiger partial charge in [0.2, 0.25) is 0 Å². The fourth-order valence-corrected chi connectivity index (χ4v) is 3.95. The van der Waals surface area contributed by atoms with Gasteiger partial charge in [-0.05, 0) is 24.3 Å². The van der Waals surface area contributed by atoms with Crippen LogP contribution < -0.4 is 9.62 Å². The minimum absolute atomic E-state index is 0.0254. The second-order valence-corrected chi connectivity index (χ2v) is 7.40. The number of hydrogen-bond donors (Lipinski definition) is 1. The number of sulfonamides is 1. The zero-order valence-electron chi connectivity index (χ0n) is 13.6. The molecule has 0 saturated heterocycles. The van der Waals surface area contributed by atoms with Crippen LogP contribution in [0, 0.1) is 11.6 Å². The van der Waals surface area contributed by atoms with Crippen molar-refractivity contribution in [2.24, 2.45) is 0 Å². The van der Waals surface area contributed by atoms with E-state index in [9.17, 15) is 17.2 Å². The molecule has 3 aromatic rings. The Hall–Kier alpha value is -2.67. The van der Waals surface area contributed by atoms with Crippen molar-refractivity contribution in [2.75, 3.05) is 23.7 Å². The number of halogens is 2. The summed E-state index contributed by atoms with van der Waals surface area (Å²) < 4.78 is 54.5. The monoisotopic (exact) mass is 362 g/mol. The van der Waals surface area contributed by atoms with Crippen molar-refractivity contribution in [1.82, 2.24) is 0 Å². The molecule has 0 aliphatic rings. The van der Waals surface area contributed by atoms with E-state index < -0.39 is 21.7 Å². The summed E-state index contributed by atoms with van der Waals surface area (Å²) in [6.07, 6.45) is 0. The molecular weight excluding hydrogens is 346 g/mol. The van der Waals surface area contributed by atoms with Gasteiger partial charge in [-0.3, -0.25) is 4.72 Å². The van der Waals surface area contributed by atoms with Gasteiger partial charge in [0.05, 0.1) is 10.6 Å². The lowest BCUT2D eigenvalue weighted by molar-refractivity contribution is 0.583. The lowest BCUT2D eigenvalue weighted by atomic mass is 10.1. The Labute approximate surface area is 144 Å². The van der Waals surface area contributed by atoms with Gasteiger partial charge < -0.3 is 4.90 Å². The summed E-state index contributed by atoms with van der Waals surface area (Å²) in [6, 6.07) is 12.9. The van der Waals surface area contributed by atoms with Crippen molar-refractivity contribution in [2.45, 2.75) is 4.90 Å². The van der Waals surface area contributed by atoms with Gasteiger partial charge in [0.1, 0.15) is 11.6 Å². The minimum Gasteiger partial charge on any atom is -0.377 e. The molecule has 0 saturated carbocycles. The third-order valence-corrected chi connectivity index (χ3v) is 5.23. The SMILES string of the molecule is CN(C)c1cccc2c(S(=O)(=O)Nc3ccc(F)cc3F)cccc12. The number of rotatable bonds is 4. The Morgan fingerprint density at radius 3 is 2.28 bits per heavy atom. The van der Waals surface area contributed by atoms with E-state index in [0.29, 0.717) is 11.5 Å². The summed E-state index contributed by atoms with van der Waals surface area (Å²) in [5, 5.41) is 1.28. The van der Waals surface area contributed by atoms with E-state index >= 15 is 0 Å². The van der Waals surface area contributed by atoms with Gasteiger partial charge in [0, 0.05) is 36.6 Å². The van der Waals surface area contributed by atoms with Gasteiger partial charge in [-0.15, -0.1) is 0 Å². The van der Waals surface area contributed by atoms with E-state index in [4.69, 9.17) is 0 Å². The number of anilines is 2. The highest BCUT2D eigenvalue weighted by Crippen LogP contribution is 2.31. The average Bonchev–Trinajstić information content (AvgIpc) is 2.56. The molecule has 130 valence electrons. The molecule has 25 heavy (non-hydrogen) atoms. The smallest absolute Gasteiger partial charge is 0.262 e. The van der Waals surface area contributed by atoms with Crippen LogP contribution in [0.5, 0.6) is 0 Å². The average molecular weight is 362 g/mol. The molecule has 3 aromatic carbocycles. The minimum atomic E-state index is -4.05. The molecule has 0 aliphatic heterocycles. The van der Waals surface area contributed by atoms with Gasteiger partial charge in [0.25, 0.3) is 10.0 Å². The van der Waals surface area contributed by atoms with Crippen molar-refractivity contribution in [3.05, 3.63) is 66.2 Å². The van der Waals surface area contributed by atoms with Crippen molar-refractivity contribution < 1.29 is 17.2 Å². The first-order valence-corrected chi connectivity index (χ1v) is 8.95. The molecule has 0 radical (unpaired) electrons. The van der Waals surface area contributed by atoms with Gasteiger partial charge in [-0.1, -0.05) is 24.3 Å². The maximum absolute atomic E-state index is 13.8. The lowest BCUT2D eigenvalue weighted by Crippen LogP contribution is -2.15. The summed E-state index contributed by atoms with van der Waals surface area (Å²) in [6.45, 7) is 0. The number of nitrogens with one attached hydrogen (secondary N) is 1. The molecule has 3 rings (SSSR count). The van der Waals surface area contributed by atoms with Crippen LogP contribution in [0.1, 0.15) is 0 Å². The molecular formula is C18H16F2N2O2S. The first-order valence-electron chi connectivity index (χ1n) is 7.46. The fraction of sp³-hybridized carbons (Fsp3) is 0.111. The van der Waals surface area contributed by atoms with Gasteiger partial charge >= 0.3 is 0 Å². The van der Waals surface area contributed by atoms with E-state index in [-0.39, 0.29) is 10.6 Å². The molecule has 0 bridgehead atoms. The standard InChI is InChI=1S/C18H16F2N2O2S/c1-22(2)17-7-3-6-14-13(17)5-4-8-18(14)25(23,24)21-16-10-9-12(19)11-15(16)20/h3-11,21H,1-2H3. The molecule has 4 nitrogen and oxygen atoms in total. The molecule has 0 atom stereocenters. The number of nitrogens with zero attached hydrogens (tertiary/aromatic N) is 1. The van der Waals surface area contributed by atoms with Crippen LogP contribution in [0.25, 0.3) is 10.8 Å². The quantitative estimate of drug-likeness (QED) is 0.764. The maximum Gasteiger partial charge on any atom is 0.262 e. The van der Waals surface area contributed by atoms with Crippen LogP contribution in [0.3, 0.4) is 0 Å². The maximum atomic E-state index is 13.8. The highest BCUT2D eigenvalue weighted by Gasteiger charge is 2.20. The first kappa shape index (κ1) is 17.2. The van der Waals surface area contributed by atoms with Crippen LogP contribution >= 0.6 is 0 Å².